The van der Waals surface area contributed by atoms with E-state index in [2.05, 4.69) is 10.3 Å². The van der Waals surface area contributed by atoms with Crippen LogP contribution in [0.1, 0.15) is 19.0 Å². The third kappa shape index (κ3) is 5.80. The highest BCUT2D eigenvalue weighted by molar-refractivity contribution is 7.13. The Balaban J connectivity index is 2.77. The fourth-order valence-corrected chi connectivity index (χ4v) is 2.67. The molecule has 0 bridgehead atoms. The average molecular weight is 374 g/mol. The van der Waals surface area contributed by atoms with Crippen molar-refractivity contribution in [1.82, 2.24) is 14.8 Å². The van der Waals surface area contributed by atoms with Gasteiger partial charge in [0.25, 0.3) is 5.13 Å². The molecule has 0 spiro atoms. The van der Waals surface area contributed by atoms with E-state index in [-0.39, 0.29) is 17.5 Å². The Morgan fingerprint density at radius 2 is 1.96 bits per heavy atom. The summed E-state index contributed by atoms with van der Waals surface area (Å²) in [6, 6.07) is -1.52. The summed E-state index contributed by atoms with van der Waals surface area (Å²) in [5, 5.41) is 21.7. The highest BCUT2D eigenvalue weighted by Gasteiger charge is 2.35. The van der Waals surface area contributed by atoms with E-state index in [0.29, 0.717) is 10.8 Å². The predicted molar refractivity (Wildman–Crippen MR) is 88.3 cm³/mol. The van der Waals surface area contributed by atoms with Gasteiger partial charge in [0, 0.05) is 5.38 Å². The summed E-state index contributed by atoms with van der Waals surface area (Å²) in [6.07, 6.45) is -1.46. The molecule has 3 N–H and O–H groups in total. The second kappa shape index (κ2) is 8.53. The molecule has 25 heavy (non-hydrogen) atoms. The molecule has 11 heteroatoms. The number of carbonyl (C=O) groups is 4. The van der Waals surface area contributed by atoms with Gasteiger partial charge in [-0.15, -0.1) is 0 Å². The molecule has 0 aliphatic carbocycles. The normalized spacial score (nSPS) is 12.3. The number of aliphatic carboxylic acids is 2. The number of nitrogens with one attached hydrogen (secondary N) is 1. The average Bonchev–Trinajstić information content (AvgIpc) is 2.95. The zero-order valence-electron chi connectivity index (χ0n) is 14.0. The molecule has 0 aliphatic rings. The first-order valence-corrected chi connectivity index (χ1v) is 8.16. The monoisotopic (exact) mass is 374 g/mol. The number of hydrogen-bond acceptors (Lipinski definition) is 7. The number of rotatable bonds is 8. The van der Waals surface area contributed by atoms with Crippen LogP contribution in [-0.2, 0) is 25.5 Å². The lowest BCUT2D eigenvalue weighted by Gasteiger charge is -2.20. The molecule has 1 aromatic heterocycles. The lowest BCUT2D eigenvalue weighted by molar-refractivity contribution is -0.147. The molecule has 0 saturated heterocycles. The van der Waals surface area contributed by atoms with E-state index in [4.69, 9.17) is 14.9 Å². The molecular formula is C14H20N3O7S+. The summed E-state index contributed by atoms with van der Waals surface area (Å²) < 4.78 is 4.71. The van der Waals surface area contributed by atoms with Gasteiger partial charge in [0.05, 0.1) is 39.2 Å². The molecule has 10 nitrogen and oxygen atoms in total. The van der Waals surface area contributed by atoms with Crippen molar-refractivity contribution < 1.29 is 34.1 Å². The van der Waals surface area contributed by atoms with Crippen LogP contribution < -0.4 is 9.80 Å². The van der Waals surface area contributed by atoms with Gasteiger partial charge in [-0.2, -0.15) is 14.3 Å². The van der Waals surface area contributed by atoms with E-state index < -0.39 is 36.4 Å². The largest absolute Gasteiger partial charge is 0.522 e. The highest BCUT2D eigenvalue weighted by atomic mass is 32.1. The first-order chi connectivity index (χ1) is 11.6. The first-order valence-electron chi connectivity index (χ1n) is 7.28. The summed E-state index contributed by atoms with van der Waals surface area (Å²) >= 11 is 1.16. The maximum Gasteiger partial charge on any atom is 0.522 e. The van der Waals surface area contributed by atoms with Gasteiger partial charge >= 0.3 is 18.0 Å². The first kappa shape index (κ1) is 20.5. The van der Waals surface area contributed by atoms with Crippen molar-refractivity contribution in [2.24, 2.45) is 0 Å². The molecule has 0 saturated carbocycles. The molecule has 1 rings (SSSR count). The molecule has 1 aromatic rings. The maximum absolute atomic E-state index is 11.9. The Labute approximate surface area is 147 Å². The fraction of sp³-hybridized carbons (Fsp3) is 0.500. The maximum atomic E-state index is 11.9. The number of ether oxygens (including phenoxy) is 1. The van der Waals surface area contributed by atoms with Crippen LogP contribution in [0.5, 0.6) is 0 Å². The highest BCUT2D eigenvalue weighted by Crippen LogP contribution is 2.25. The molecule has 2 amide bonds. The van der Waals surface area contributed by atoms with E-state index in [9.17, 15) is 19.2 Å². The van der Waals surface area contributed by atoms with Gasteiger partial charge < -0.3 is 20.3 Å². The van der Waals surface area contributed by atoms with Gasteiger partial charge in [0.1, 0.15) is 6.04 Å². The molecule has 0 aromatic carbocycles. The summed E-state index contributed by atoms with van der Waals surface area (Å²) in [5.74, 6) is -3.45. The Morgan fingerprint density at radius 1 is 1.32 bits per heavy atom. The molecule has 0 unspecified atom stereocenters. The van der Waals surface area contributed by atoms with Crippen molar-refractivity contribution in [3.8, 4) is 0 Å². The smallest absolute Gasteiger partial charge is 0.481 e. The lowest BCUT2D eigenvalue weighted by atomic mass is 10.2. The van der Waals surface area contributed by atoms with Gasteiger partial charge in [-0.05, 0) is 6.92 Å². The number of nitrogens with zero attached hydrogens (tertiary/aromatic N) is 2. The Bertz CT molecular complexity index is 671. The summed E-state index contributed by atoms with van der Waals surface area (Å²) in [7, 11) is 3.18. The van der Waals surface area contributed by atoms with Crippen molar-refractivity contribution in [1.29, 1.82) is 0 Å². The van der Waals surface area contributed by atoms with Crippen LogP contribution in [0.15, 0.2) is 5.38 Å². The molecule has 0 aliphatic heterocycles. The number of carbonyl (C=O) groups excluding carboxylic acids is 2. The van der Waals surface area contributed by atoms with E-state index in [1.807, 2.05) is 0 Å². The number of aromatic nitrogens is 1. The van der Waals surface area contributed by atoms with Crippen LogP contribution in [-0.4, -0.2) is 65.9 Å². The molecule has 1 atom stereocenters. The van der Waals surface area contributed by atoms with E-state index >= 15 is 0 Å². The van der Waals surface area contributed by atoms with Crippen molar-refractivity contribution >= 4 is 40.4 Å². The fourth-order valence-electron chi connectivity index (χ4n) is 1.78. The summed E-state index contributed by atoms with van der Waals surface area (Å²) in [6.45, 7) is 1.91. The van der Waals surface area contributed by atoms with Crippen molar-refractivity contribution in [3.05, 3.63) is 11.1 Å². The van der Waals surface area contributed by atoms with E-state index in [0.717, 1.165) is 11.3 Å². The minimum absolute atomic E-state index is 0.224. The summed E-state index contributed by atoms with van der Waals surface area (Å²) in [4.78, 5) is 49.6. The third-order valence-corrected chi connectivity index (χ3v) is 4.24. The SMILES string of the molecule is CCOC(=O)[N+](C)(C)c1nc(CC(=O)N[C@@H](CC(=O)O)C(=O)O)cs1. The number of hydrogen-bond donors (Lipinski definition) is 3. The number of carboxylic acids is 2. The van der Waals surface area contributed by atoms with Crippen LogP contribution in [0.2, 0.25) is 0 Å². The lowest BCUT2D eigenvalue weighted by Crippen LogP contribution is -2.47. The molecular weight excluding hydrogens is 354 g/mol. The van der Waals surface area contributed by atoms with E-state index in [1.165, 1.54) is 0 Å². The molecule has 138 valence electrons. The quantitative estimate of drug-likeness (QED) is 0.557. The predicted octanol–water partition coefficient (Wildman–Crippen LogP) is 0.453. The minimum Gasteiger partial charge on any atom is -0.481 e. The van der Waals surface area contributed by atoms with Crippen LogP contribution in [0.4, 0.5) is 9.93 Å². The minimum atomic E-state index is -1.52. The molecule has 0 radical (unpaired) electrons. The second-order valence-corrected chi connectivity index (χ2v) is 6.34. The van der Waals surface area contributed by atoms with Crippen molar-refractivity contribution in [2.75, 3.05) is 20.7 Å². The third-order valence-electron chi connectivity index (χ3n) is 3.10. The van der Waals surface area contributed by atoms with Crippen LogP contribution in [0, 0.1) is 0 Å². The van der Waals surface area contributed by atoms with Crippen molar-refractivity contribution in [3.63, 3.8) is 0 Å². The Kier molecular flexibility index (Phi) is 7.00. The Morgan fingerprint density at radius 3 is 2.48 bits per heavy atom. The molecule has 0 fully saturated rings. The van der Waals surface area contributed by atoms with Gasteiger partial charge in [-0.1, -0.05) is 11.3 Å². The zero-order chi connectivity index (χ0) is 19.2. The van der Waals surface area contributed by atoms with Gasteiger partial charge in [0.2, 0.25) is 5.91 Å². The number of quaternary nitrogens is 1. The number of carboxylic acid groups (broad SMARTS) is 2. The molecule has 1 heterocycles. The zero-order valence-corrected chi connectivity index (χ0v) is 14.8. The van der Waals surface area contributed by atoms with Gasteiger partial charge in [-0.3, -0.25) is 9.59 Å². The van der Waals surface area contributed by atoms with Crippen LogP contribution in [0.25, 0.3) is 0 Å². The van der Waals surface area contributed by atoms with Crippen LogP contribution >= 0.6 is 11.3 Å². The number of thiazole rings is 1. The topological polar surface area (TPSA) is 143 Å². The van der Waals surface area contributed by atoms with Crippen molar-refractivity contribution in [2.45, 2.75) is 25.8 Å². The standard InChI is InChI=1S/C14H19N3O7S/c1-4-24-14(23)17(2,3)13-15-8(7-25-13)5-10(18)16-9(12(21)22)6-11(19)20/h7,9H,4-6H2,1-3H3,(H2-,16,18,19,20,21,22)/p+1/t9-/m0/s1. The Hall–Kier alpha value is -2.53. The second-order valence-electron chi connectivity index (χ2n) is 5.51. The van der Waals surface area contributed by atoms with E-state index in [1.54, 1.807) is 26.4 Å². The summed E-state index contributed by atoms with van der Waals surface area (Å²) in [5.41, 5.74) is 0.340. The van der Waals surface area contributed by atoms with Gasteiger partial charge in [0.15, 0.2) is 0 Å². The number of amides is 2. The van der Waals surface area contributed by atoms with Crippen LogP contribution in [0.3, 0.4) is 0 Å². The van der Waals surface area contributed by atoms with Gasteiger partial charge in [-0.25, -0.2) is 4.79 Å².